The first-order valence-corrected chi connectivity index (χ1v) is 7.16. The van der Waals surface area contributed by atoms with Crippen LogP contribution in [0.4, 0.5) is 0 Å². The maximum Gasteiger partial charge on any atom is 0.115 e. The Kier molecular flexibility index (Phi) is 4.48. The monoisotopic (exact) mass is 263 g/mol. The molecular weight excluding hydrogens is 238 g/mol. The van der Waals surface area contributed by atoms with Gasteiger partial charge in [0.25, 0.3) is 0 Å². The third-order valence-corrected chi connectivity index (χ3v) is 4.29. The van der Waals surface area contributed by atoms with E-state index in [1.807, 2.05) is 19.2 Å². The van der Waals surface area contributed by atoms with Crippen molar-refractivity contribution in [2.45, 2.75) is 44.8 Å². The number of benzene rings is 1. The summed E-state index contributed by atoms with van der Waals surface area (Å²) < 4.78 is 5.68. The molecule has 2 rings (SSSR count). The molecule has 0 bridgehead atoms. The third kappa shape index (κ3) is 3.28. The van der Waals surface area contributed by atoms with Gasteiger partial charge in [-0.25, -0.2) is 0 Å². The van der Waals surface area contributed by atoms with Gasteiger partial charge in [0.15, 0.2) is 0 Å². The van der Waals surface area contributed by atoms with E-state index in [0.29, 0.717) is 11.8 Å². The molecule has 19 heavy (non-hydrogen) atoms. The Balaban J connectivity index is 2.15. The van der Waals surface area contributed by atoms with Crippen molar-refractivity contribution in [1.29, 1.82) is 0 Å². The maximum atomic E-state index is 9.41. The summed E-state index contributed by atoms with van der Waals surface area (Å²) in [6.45, 7) is 6.51. The van der Waals surface area contributed by atoms with E-state index < -0.39 is 0 Å². The van der Waals surface area contributed by atoms with Gasteiger partial charge in [0.2, 0.25) is 0 Å². The fourth-order valence-corrected chi connectivity index (χ4v) is 3.08. The van der Waals surface area contributed by atoms with Gasteiger partial charge in [0, 0.05) is 19.7 Å². The second-order valence-electron chi connectivity index (χ2n) is 5.74. The average Bonchev–Trinajstić information content (AvgIpc) is 2.42. The zero-order chi connectivity index (χ0) is 13.9. The second-order valence-corrected chi connectivity index (χ2v) is 5.74. The number of rotatable bonds is 4. The minimum atomic E-state index is -0.0252. The molecule has 1 fully saturated rings. The van der Waals surface area contributed by atoms with Crippen molar-refractivity contribution in [1.82, 2.24) is 4.90 Å². The Labute approximate surface area is 116 Å². The number of ether oxygens (including phenoxy) is 1. The van der Waals surface area contributed by atoms with Crippen molar-refractivity contribution in [3.8, 4) is 5.75 Å². The Morgan fingerprint density at radius 2 is 2.05 bits per heavy atom. The first kappa shape index (κ1) is 14.4. The average molecular weight is 263 g/mol. The molecule has 1 heterocycles. The van der Waals surface area contributed by atoms with Gasteiger partial charge >= 0.3 is 0 Å². The van der Waals surface area contributed by atoms with E-state index in [-0.39, 0.29) is 5.60 Å². The molecule has 106 valence electrons. The SMILES string of the molecule is CCC(c1ccc(O)cc1)N1CCCC(C)(OC)C1. The minimum Gasteiger partial charge on any atom is -0.508 e. The molecule has 1 saturated heterocycles. The largest absolute Gasteiger partial charge is 0.508 e. The Morgan fingerprint density at radius 3 is 2.63 bits per heavy atom. The fraction of sp³-hybridized carbons (Fsp3) is 0.625. The van der Waals surface area contributed by atoms with Gasteiger partial charge in [-0.1, -0.05) is 19.1 Å². The summed E-state index contributed by atoms with van der Waals surface area (Å²) in [6, 6.07) is 8.02. The highest BCUT2D eigenvalue weighted by molar-refractivity contribution is 5.28. The van der Waals surface area contributed by atoms with Crippen molar-refractivity contribution in [3.63, 3.8) is 0 Å². The standard InChI is InChI=1S/C16H25NO2/c1-4-15(13-6-8-14(18)9-7-13)17-11-5-10-16(2,12-17)19-3/h6-9,15,18H,4-5,10-12H2,1-3H3. The zero-order valence-corrected chi connectivity index (χ0v) is 12.2. The molecule has 1 aromatic carbocycles. The molecule has 1 N–H and O–H groups in total. The maximum absolute atomic E-state index is 9.41. The quantitative estimate of drug-likeness (QED) is 0.904. The highest BCUT2D eigenvalue weighted by Crippen LogP contribution is 2.32. The third-order valence-electron chi connectivity index (χ3n) is 4.29. The van der Waals surface area contributed by atoms with Crippen LogP contribution < -0.4 is 0 Å². The lowest BCUT2D eigenvalue weighted by Crippen LogP contribution is -2.48. The predicted molar refractivity (Wildman–Crippen MR) is 77.4 cm³/mol. The van der Waals surface area contributed by atoms with Crippen LogP contribution in [0.3, 0.4) is 0 Å². The lowest BCUT2D eigenvalue weighted by atomic mass is 9.91. The van der Waals surface area contributed by atoms with Crippen molar-refractivity contribution in [3.05, 3.63) is 29.8 Å². The molecule has 1 aromatic rings. The predicted octanol–water partition coefficient (Wildman–Crippen LogP) is 3.34. The Hall–Kier alpha value is -1.06. The van der Waals surface area contributed by atoms with Crippen LogP contribution in [0.1, 0.15) is 44.7 Å². The summed E-state index contributed by atoms with van der Waals surface area (Å²) in [4.78, 5) is 2.51. The number of methoxy groups -OCH3 is 1. The van der Waals surface area contributed by atoms with Crippen LogP contribution in [-0.4, -0.2) is 35.8 Å². The van der Waals surface area contributed by atoms with Crippen molar-refractivity contribution in [2.24, 2.45) is 0 Å². The summed E-state index contributed by atoms with van der Waals surface area (Å²) in [5, 5.41) is 9.41. The van der Waals surface area contributed by atoms with Gasteiger partial charge in [-0.05, 0) is 50.4 Å². The normalized spacial score (nSPS) is 26.3. The number of nitrogens with zero attached hydrogens (tertiary/aromatic N) is 1. The first-order chi connectivity index (χ1) is 9.08. The van der Waals surface area contributed by atoms with Crippen molar-refractivity contribution < 1.29 is 9.84 Å². The lowest BCUT2D eigenvalue weighted by molar-refractivity contribution is -0.0621. The lowest BCUT2D eigenvalue weighted by Gasteiger charge is -2.43. The molecule has 2 atom stereocenters. The number of likely N-dealkylation sites (tertiary alicyclic amines) is 1. The van der Waals surface area contributed by atoms with Gasteiger partial charge in [-0.15, -0.1) is 0 Å². The van der Waals surface area contributed by atoms with E-state index in [1.165, 1.54) is 12.0 Å². The molecule has 2 unspecified atom stereocenters. The van der Waals surface area contributed by atoms with Gasteiger partial charge < -0.3 is 9.84 Å². The molecule has 0 amide bonds. The minimum absolute atomic E-state index is 0.0252. The van der Waals surface area contributed by atoms with Crippen LogP contribution in [0.5, 0.6) is 5.75 Å². The number of hydrogen-bond acceptors (Lipinski definition) is 3. The van der Waals surface area contributed by atoms with Gasteiger partial charge in [-0.3, -0.25) is 4.90 Å². The topological polar surface area (TPSA) is 32.7 Å². The van der Waals surface area contributed by atoms with E-state index in [1.54, 1.807) is 12.1 Å². The number of piperidine rings is 1. The number of phenolic OH excluding ortho intramolecular Hbond substituents is 1. The first-order valence-electron chi connectivity index (χ1n) is 7.16. The van der Waals surface area contributed by atoms with Crippen LogP contribution >= 0.6 is 0 Å². The van der Waals surface area contributed by atoms with Crippen LogP contribution in [0, 0.1) is 0 Å². The summed E-state index contributed by atoms with van der Waals surface area (Å²) in [5.74, 6) is 0.332. The van der Waals surface area contributed by atoms with Crippen LogP contribution in [-0.2, 0) is 4.74 Å². The smallest absolute Gasteiger partial charge is 0.115 e. The summed E-state index contributed by atoms with van der Waals surface area (Å²) >= 11 is 0. The van der Waals surface area contributed by atoms with Crippen LogP contribution in [0.15, 0.2) is 24.3 Å². The Bertz CT molecular complexity index is 404. The second kappa shape index (κ2) is 5.93. The summed E-state index contributed by atoms with van der Waals surface area (Å²) in [7, 11) is 1.81. The summed E-state index contributed by atoms with van der Waals surface area (Å²) in [6.07, 6.45) is 3.38. The highest BCUT2D eigenvalue weighted by atomic mass is 16.5. The zero-order valence-electron chi connectivity index (χ0n) is 12.2. The van der Waals surface area contributed by atoms with Gasteiger partial charge in [0.05, 0.1) is 5.60 Å². The van der Waals surface area contributed by atoms with E-state index >= 15 is 0 Å². The summed E-state index contributed by atoms with van der Waals surface area (Å²) in [5.41, 5.74) is 1.25. The molecular formula is C16H25NO2. The highest BCUT2D eigenvalue weighted by Gasteiger charge is 2.33. The molecule has 0 saturated carbocycles. The number of hydrogen-bond donors (Lipinski definition) is 1. The van der Waals surface area contributed by atoms with Gasteiger partial charge in [-0.2, -0.15) is 0 Å². The van der Waals surface area contributed by atoms with Crippen LogP contribution in [0.25, 0.3) is 0 Å². The molecule has 0 radical (unpaired) electrons. The van der Waals surface area contributed by atoms with Gasteiger partial charge in [0.1, 0.15) is 5.75 Å². The van der Waals surface area contributed by atoms with Crippen molar-refractivity contribution >= 4 is 0 Å². The Morgan fingerprint density at radius 1 is 1.37 bits per heavy atom. The van der Waals surface area contributed by atoms with E-state index in [2.05, 4.69) is 18.7 Å². The van der Waals surface area contributed by atoms with E-state index in [9.17, 15) is 5.11 Å². The van der Waals surface area contributed by atoms with Crippen molar-refractivity contribution in [2.75, 3.05) is 20.2 Å². The molecule has 3 nitrogen and oxygen atoms in total. The molecule has 3 heteroatoms. The van der Waals surface area contributed by atoms with E-state index in [0.717, 1.165) is 25.9 Å². The van der Waals surface area contributed by atoms with Crippen LogP contribution in [0.2, 0.25) is 0 Å². The molecule has 1 aliphatic rings. The van der Waals surface area contributed by atoms with E-state index in [4.69, 9.17) is 4.74 Å². The molecule has 0 spiro atoms. The number of aromatic hydroxyl groups is 1. The molecule has 1 aliphatic heterocycles. The fourth-order valence-electron chi connectivity index (χ4n) is 3.08. The molecule has 0 aromatic heterocycles. The number of phenols is 1. The molecule has 0 aliphatic carbocycles.